The molecule has 2 heterocycles. The molecule has 4 aromatic rings. The van der Waals surface area contributed by atoms with E-state index in [-0.39, 0.29) is 11.9 Å². The van der Waals surface area contributed by atoms with Crippen LogP contribution in [0.2, 0.25) is 0 Å². The van der Waals surface area contributed by atoms with Crippen LogP contribution in [-0.4, -0.2) is 22.6 Å². The Bertz CT molecular complexity index is 1290. The lowest BCUT2D eigenvalue weighted by atomic mass is 9.94. The average molecular weight is 410 g/mol. The minimum Gasteiger partial charge on any atom is -0.497 e. The molecule has 0 aliphatic carbocycles. The van der Waals surface area contributed by atoms with Crippen molar-refractivity contribution >= 4 is 28.6 Å². The maximum atomic E-state index is 13.5. The largest absolute Gasteiger partial charge is 0.497 e. The second-order valence-corrected chi connectivity index (χ2v) is 7.45. The second kappa shape index (κ2) is 7.65. The molecule has 5 rings (SSSR count). The van der Waals surface area contributed by atoms with Gasteiger partial charge >= 0.3 is 0 Å². The number of para-hydroxylation sites is 3. The van der Waals surface area contributed by atoms with Crippen LogP contribution >= 0.6 is 0 Å². The standard InChI is InChI=1S/C25H22N4O2/c1-16-22(24(30)27-18-8-4-3-5-9-18)23(17-12-14-19(31-2)15-13-17)29-21-11-7-6-10-20(21)28-25(29)26-16/h3-15,23H,1-2H3,(H,26,28)(H,27,30)/t23-/m1/s1. The topological polar surface area (TPSA) is 68.2 Å². The van der Waals surface area contributed by atoms with Crippen LogP contribution in [-0.2, 0) is 4.79 Å². The molecule has 1 atom stereocenters. The molecule has 1 aromatic heterocycles. The van der Waals surface area contributed by atoms with Gasteiger partial charge in [-0.1, -0.05) is 42.5 Å². The lowest BCUT2D eigenvalue weighted by molar-refractivity contribution is -0.113. The summed E-state index contributed by atoms with van der Waals surface area (Å²) in [6, 6.07) is 24.9. The fraction of sp³-hybridized carbons (Fsp3) is 0.120. The average Bonchev–Trinajstić information content (AvgIpc) is 3.16. The molecule has 31 heavy (non-hydrogen) atoms. The molecule has 0 fully saturated rings. The highest BCUT2D eigenvalue weighted by Crippen LogP contribution is 2.39. The lowest BCUT2D eigenvalue weighted by Gasteiger charge is -2.30. The van der Waals surface area contributed by atoms with Crippen LogP contribution in [0.25, 0.3) is 11.0 Å². The van der Waals surface area contributed by atoms with Crippen LogP contribution in [0.5, 0.6) is 5.75 Å². The smallest absolute Gasteiger partial charge is 0.255 e. The Kier molecular flexibility index (Phi) is 4.67. The summed E-state index contributed by atoms with van der Waals surface area (Å²) in [6.07, 6.45) is 0. The molecule has 3 aromatic carbocycles. The number of carbonyl (C=O) groups is 1. The number of benzene rings is 3. The first-order valence-electron chi connectivity index (χ1n) is 10.1. The van der Waals surface area contributed by atoms with E-state index >= 15 is 0 Å². The molecule has 1 amide bonds. The van der Waals surface area contributed by atoms with Gasteiger partial charge in [0.05, 0.1) is 29.8 Å². The van der Waals surface area contributed by atoms with E-state index in [0.29, 0.717) is 5.57 Å². The fourth-order valence-electron chi connectivity index (χ4n) is 4.08. The normalized spacial score (nSPS) is 15.4. The third kappa shape index (κ3) is 3.32. The quantitative estimate of drug-likeness (QED) is 0.498. The zero-order valence-corrected chi connectivity index (χ0v) is 17.3. The highest BCUT2D eigenvalue weighted by atomic mass is 16.5. The number of imidazole rings is 1. The lowest BCUT2D eigenvalue weighted by Crippen LogP contribution is -2.30. The van der Waals surface area contributed by atoms with Gasteiger partial charge in [-0.2, -0.15) is 0 Å². The van der Waals surface area contributed by atoms with E-state index in [1.54, 1.807) is 7.11 Å². The van der Waals surface area contributed by atoms with E-state index in [2.05, 4.69) is 15.2 Å². The van der Waals surface area contributed by atoms with Crippen LogP contribution in [0.4, 0.5) is 11.6 Å². The first-order valence-corrected chi connectivity index (χ1v) is 10.1. The van der Waals surface area contributed by atoms with E-state index in [9.17, 15) is 4.79 Å². The van der Waals surface area contributed by atoms with Crippen molar-refractivity contribution in [1.82, 2.24) is 9.55 Å². The summed E-state index contributed by atoms with van der Waals surface area (Å²) in [5, 5.41) is 6.37. The van der Waals surface area contributed by atoms with Gasteiger partial charge in [-0.05, 0) is 48.9 Å². The van der Waals surface area contributed by atoms with Crippen molar-refractivity contribution in [2.45, 2.75) is 13.0 Å². The summed E-state index contributed by atoms with van der Waals surface area (Å²) in [4.78, 5) is 18.2. The van der Waals surface area contributed by atoms with Gasteiger partial charge in [0.15, 0.2) is 0 Å². The predicted octanol–water partition coefficient (Wildman–Crippen LogP) is 4.97. The van der Waals surface area contributed by atoms with Crippen LogP contribution in [0.15, 0.2) is 90.1 Å². The molecule has 2 N–H and O–H groups in total. The minimum atomic E-state index is -0.335. The van der Waals surface area contributed by atoms with E-state index in [0.717, 1.165) is 39.7 Å². The minimum absolute atomic E-state index is 0.152. The van der Waals surface area contributed by atoms with Gasteiger partial charge in [0.2, 0.25) is 5.95 Å². The molecule has 0 unspecified atom stereocenters. The fourth-order valence-corrected chi connectivity index (χ4v) is 4.08. The van der Waals surface area contributed by atoms with Gasteiger partial charge < -0.3 is 15.4 Å². The Labute approximate surface area is 180 Å². The summed E-state index contributed by atoms with van der Waals surface area (Å²) >= 11 is 0. The number of amides is 1. The number of anilines is 2. The van der Waals surface area contributed by atoms with E-state index in [4.69, 9.17) is 9.72 Å². The number of fused-ring (bicyclic) bond motifs is 3. The maximum Gasteiger partial charge on any atom is 0.255 e. The number of hydrogen-bond donors (Lipinski definition) is 2. The van der Waals surface area contributed by atoms with Crippen molar-refractivity contribution < 1.29 is 9.53 Å². The Hall–Kier alpha value is -4.06. The van der Waals surface area contributed by atoms with Crippen LogP contribution in [0, 0.1) is 0 Å². The highest BCUT2D eigenvalue weighted by molar-refractivity contribution is 6.06. The van der Waals surface area contributed by atoms with Crippen molar-refractivity contribution in [2.75, 3.05) is 17.7 Å². The molecule has 0 spiro atoms. The van der Waals surface area contributed by atoms with Gasteiger partial charge in [0.25, 0.3) is 5.91 Å². The van der Waals surface area contributed by atoms with Crippen molar-refractivity contribution in [2.24, 2.45) is 0 Å². The molecule has 0 saturated carbocycles. The van der Waals surface area contributed by atoms with Crippen LogP contribution in [0.3, 0.4) is 0 Å². The number of methoxy groups -OCH3 is 1. The number of allylic oxidation sites excluding steroid dienone is 1. The number of rotatable bonds is 4. The van der Waals surface area contributed by atoms with E-state index < -0.39 is 0 Å². The molecule has 0 bridgehead atoms. The number of carbonyl (C=O) groups excluding carboxylic acids is 1. The van der Waals surface area contributed by atoms with Crippen LogP contribution in [0.1, 0.15) is 18.5 Å². The first-order chi connectivity index (χ1) is 15.2. The van der Waals surface area contributed by atoms with Gasteiger partial charge in [-0.25, -0.2) is 4.98 Å². The monoisotopic (exact) mass is 410 g/mol. The van der Waals surface area contributed by atoms with Crippen LogP contribution < -0.4 is 15.4 Å². The van der Waals surface area contributed by atoms with Gasteiger partial charge in [0, 0.05) is 11.4 Å². The first kappa shape index (κ1) is 18.9. The number of nitrogens with zero attached hydrogens (tertiary/aromatic N) is 2. The van der Waals surface area contributed by atoms with Crippen molar-refractivity contribution in [3.05, 3.63) is 95.7 Å². The number of nitrogens with one attached hydrogen (secondary N) is 2. The van der Waals surface area contributed by atoms with Gasteiger partial charge in [0.1, 0.15) is 5.75 Å². The van der Waals surface area contributed by atoms with E-state index in [1.807, 2.05) is 85.8 Å². The third-order valence-electron chi connectivity index (χ3n) is 5.54. The zero-order valence-electron chi connectivity index (χ0n) is 17.3. The maximum absolute atomic E-state index is 13.5. The third-order valence-corrected chi connectivity index (χ3v) is 5.54. The zero-order chi connectivity index (χ0) is 21.4. The summed E-state index contributed by atoms with van der Waals surface area (Å²) in [5.41, 5.74) is 4.98. The highest BCUT2D eigenvalue weighted by Gasteiger charge is 2.34. The molecule has 1 aliphatic rings. The predicted molar refractivity (Wildman–Crippen MR) is 122 cm³/mol. The Morgan fingerprint density at radius 2 is 1.71 bits per heavy atom. The SMILES string of the molecule is COc1ccc([C@@H]2C(C(=O)Nc3ccccc3)=C(C)Nc3nc4ccccc4n32)cc1. The van der Waals surface area contributed by atoms with Gasteiger partial charge in [-0.15, -0.1) is 0 Å². The molecule has 1 aliphatic heterocycles. The number of ether oxygens (including phenoxy) is 1. The molecular formula is C25H22N4O2. The van der Waals surface area contributed by atoms with Crippen molar-refractivity contribution in [1.29, 1.82) is 0 Å². The Morgan fingerprint density at radius 1 is 1.00 bits per heavy atom. The summed E-state index contributed by atoms with van der Waals surface area (Å²) in [6.45, 7) is 1.92. The van der Waals surface area contributed by atoms with E-state index in [1.165, 1.54) is 0 Å². The second-order valence-electron chi connectivity index (χ2n) is 7.45. The number of aromatic nitrogens is 2. The molecular weight excluding hydrogens is 388 g/mol. The molecule has 154 valence electrons. The molecule has 6 nitrogen and oxygen atoms in total. The van der Waals surface area contributed by atoms with Crippen molar-refractivity contribution in [3.8, 4) is 5.75 Å². The Morgan fingerprint density at radius 3 is 2.45 bits per heavy atom. The van der Waals surface area contributed by atoms with Crippen molar-refractivity contribution in [3.63, 3.8) is 0 Å². The Balaban J connectivity index is 1.66. The summed E-state index contributed by atoms with van der Waals surface area (Å²) < 4.78 is 7.42. The summed E-state index contributed by atoms with van der Waals surface area (Å²) in [5.74, 6) is 1.33. The van der Waals surface area contributed by atoms with Gasteiger partial charge in [-0.3, -0.25) is 9.36 Å². The molecule has 0 saturated heterocycles. The molecule has 0 radical (unpaired) electrons. The number of hydrogen-bond acceptors (Lipinski definition) is 4. The summed E-state index contributed by atoms with van der Waals surface area (Å²) in [7, 11) is 1.64. The molecule has 6 heteroatoms.